The SMILES string of the molecule is O=C1NC(=O)C(SC(F)(F)F)C(=O)N1. The molecule has 0 spiro atoms. The molecule has 2 N–H and O–H groups in total. The van der Waals surface area contributed by atoms with E-state index in [1.807, 2.05) is 0 Å². The first-order valence-electron chi connectivity index (χ1n) is 3.20. The number of barbiturate groups is 1. The highest BCUT2D eigenvalue weighted by atomic mass is 32.2. The van der Waals surface area contributed by atoms with Crippen molar-refractivity contribution in [1.29, 1.82) is 0 Å². The maximum absolute atomic E-state index is 11.8. The van der Waals surface area contributed by atoms with Crippen LogP contribution in [-0.2, 0) is 9.59 Å². The summed E-state index contributed by atoms with van der Waals surface area (Å²) in [4.78, 5) is 32.0. The van der Waals surface area contributed by atoms with Gasteiger partial charge in [0, 0.05) is 0 Å². The number of carbonyl (C=O) groups excluding carboxylic acids is 3. The van der Waals surface area contributed by atoms with Gasteiger partial charge in [-0.2, -0.15) is 13.2 Å². The Hall–Kier alpha value is -1.25. The van der Waals surface area contributed by atoms with Crippen molar-refractivity contribution in [2.75, 3.05) is 0 Å². The van der Waals surface area contributed by atoms with E-state index in [1.165, 1.54) is 0 Å². The monoisotopic (exact) mass is 228 g/mol. The Morgan fingerprint density at radius 3 is 1.86 bits per heavy atom. The van der Waals surface area contributed by atoms with E-state index in [9.17, 15) is 27.6 Å². The van der Waals surface area contributed by atoms with Crippen LogP contribution in [0.5, 0.6) is 0 Å². The molecule has 78 valence electrons. The largest absolute Gasteiger partial charge is 0.443 e. The summed E-state index contributed by atoms with van der Waals surface area (Å²) in [6, 6.07) is -1.11. The number of alkyl halides is 3. The van der Waals surface area contributed by atoms with E-state index in [1.54, 1.807) is 10.6 Å². The Morgan fingerprint density at radius 1 is 1.07 bits per heavy atom. The predicted octanol–water partition coefficient (Wildman–Crippen LogP) is -0.0260. The molecule has 0 atom stereocenters. The van der Waals surface area contributed by atoms with E-state index in [-0.39, 0.29) is 0 Å². The quantitative estimate of drug-likeness (QED) is 0.618. The number of urea groups is 1. The van der Waals surface area contributed by atoms with Gasteiger partial charge in [0.05, 0.1) is 0 Å². The van der Waals surface area contributed by atoms with Gasteiger partial charge < -0.3 is 0 Å². The Balaban J connectivity index is 2.73. The van der Waals surface area contributed by atoms with E-state index < -0.39 is 40.4 Å². The molecule has 5 nitrogen and oxygen atoms in total. The van der Waals surface area contributed by atoms with Crippen LogP contribution in [0.15, 0.2) is 0 Å². The number of carbonyl (C=O) groups is 3. The highest BCUT2D eigenvalue weighted by Crippen LogP contribution is 2.34. The minimum absolute atomic E-state index is 0.780. The lowest BCUT2D eigenvalue weighted by Gasteiger charge is -2.20. The summed E-state index contributed by atoms with van der Waals surface area (Å²) >= 11 is -0.780. The third kappa shape index (κ3) is 2.62. The number of imide groups is 2. The van der Waals surface area contributed by atoms with E-state index in [0.29, 0.717) is 0 Å². The van der Waals surface area contributed by atoms with Crippen molar-refractivity contribution in [3.63, 3.8) is 0 Å². The normalized spacial score (nSPS) is 19.2. The standard InChI is InChI=1S/C5H3F3N2O3S/c6-5(7,8)14-1-2(11)9-4(13)10-3(1)12/h1H,(H2,9,10,11,12,13). The van der Waals surface area contributed by atoms with E-state index in [2.05, 4.69) is 0 Å². The van der Waals surface area contributed by atoms with Crippen LogP contribution in [0.1, 0.15) is 0 Å². The van der Waals surface area contributed by atoms with Crippen molar-refractivity contribution in [3.8, 4) is 0 Å². The summed E-state index contributed by atoms with van der Waals surface area (Å²) in [7, 11) is 0. The van der Waals surface area contributed by atoms with Crippen molar-refractivity contribution in [1.82, 2.24) is 10.6 Å². The molecule has 0 bridgehead atoms. The lowest BCUT2D eigenvalue weighted by molar-refractivity contribution is -0.129. The van der Waals surface area contributed by atoms with Crippen LogP contribution in [0.25, 0.3) is 0 Å². The number of thioether (sulfide) groups is 1. The van der Waals surface area contributed by atoms with Crippen LogP contribution >= 0.6 is 11.8 Å². The Labute approximate surface area is 79.4 Å². The van der Waals surface area contributed by atoms with Gasteiger partial charge in [-0.05, 0) is 11.8 Å². The summed E-state index contributed by atoms with van der Waals surface area (Å²) in [5.74, 6) is -2.53. The molecule has 0 aliphatic carbocycles. The highest BCUT2D eigenvalue weighted by Gasteiger charge is 2.43. The summed E-state index contributed by atoms with van der Waals surface area (Å²) in [6.45, 7) is 0. The molecule has 1 heterocycles. The van der Waals surface area contributed by atoms with Crippen molar-refractivity contribution >= 4 is 29.6 Å². The zero-order valence-electron chi connectivity index (χ0n) is 6.34. The van der Waals surface area contributed by atoms with Crippen LogP contribution in [0, 0.1) is 0 Å². The smallest absolute Gasteiger partial charge is 0.276 e. The zero-order chi connectivity index (χ0) is 10.9. The lowest BCUT2D eigenvalue weighted by atomic mass is 10.3. The summed E-state index contributed by atoms with van der Waals surface area (Å²) in [5.41, 5.74) is -4.71. The summed E-state index contributed by atoms with van der Waals surface area (Å²) in [6.07, 6.45) is 0. The van der Waals surface area contributed by atoms with Gasteiger partial charge in [-0.15, -0.1) is 0 Å². The molecule has 0 unspecified atom stereocenters. The second kappa shape index (κ2) is 3.48. The third-order valence-corrected chi connectivity index (χ3v) is 2.13. The minimum Gasteiger partial charge on any atom is -0.276 e. The van der Waals surface area contributed by atoms with Gasteiger partial charge >= 0.3 is 11.5 Å². The molecular formula is C5H3F3N2O3S. The molecule has 1 aliphatic rings. The van der Waals surface area contributed by atoms with Crippen LogP contribution in [0.4, 0.5) is 18.0 Å². The van der Waals surface area contributed by atoms with E-state index in [4.69, 9.17) is 0 Å². The zero-order valence-corrected chi connectivity index (χ0v) is 7.16. The molecule has 4 amide bonds. The number of hydrogen-bond acceptors (Lipinski definition) is 4. The minimum atomic E-state index is -4.71. The fraction of sp³-hybridized carbons (Fsp3) is 0.400. The number of amides is 4. The Bertz CT molecular complexity index is 283. The van der Waals surface area contributed by atoms with Gasteiger partial charge in [-0.3, -0.25) is 20.2 Å². The first-order chi connectivity index (χ1) is 6.29. The summed E-state index contributed by atoms with van der Waals surface area (Å²) in [5, 5.41) is 1.14. The molecular weight excluding hydrogens is 225 g/mol. The van der Waals surface area contributed by atoms with Crippen molar-refractivity contribution in [2.24, 2.45) is 0 Å². The van der Waals surface area contributed by atoms with Gasteiger partial charge in [0.15, 0.2) is 5.25 Å². The van der Waals surface area contributed by atoms with Crippen LogP contribution in [0.2, 0.25) is 0 Å². The molecule has 0 aromatic rings. The lowest BCUT2D eigenvalue weighted by Crippen LogP contribution is -2.57. The van der Waals surface area contributed by atoms with Crippen LogP contribution < -0.4 is 10.6 Å². The van der Waals surface area contributed by atoms with E-state index in [0.717, 1.165) is 0 Å². The number of rotatable bonds is 1. The molecule has 1 saturated heterocycles. The molecule has 0 saturated carbocycles. The van der Waals surface area contributed by atoms with Crippen molar-refractivity contribution in [2.45, 2.75) is 10.8 Å². The first-order valence-corrected chi connectivity index (χ1v) is 4.08. The molecule has 1 rings (SSSR count). The number of halogens is 3. The first kappa shape index (κ1) is 10.8. The number of hydrogen-bond donors (Lipinski definition) is 2. The predicted molar refractivity (Wildman–Crippen MR) is 39.1 cm³/mol. The van der Waals surface area contributed by atoms with Gasteiger partial charge in [0.2, 0.25) is 0 Å². The van der Waals surface area contributed by atoms with Gasteiger partial charge in [0.1, 0.15) is 0 Å². The Morgan fingerprint density at radius 2 is 1.50 bits per heavy atom. The van der Waals surface area contributed by atoms with Crippen molar-refractivity contribution in [3.05, 3.63) is 0 Å². The molecule has 0 aromatic carbocycles. The maximum Gasteiger partial charge on any atom is 0.443 e. The molecule has 1 fully saturated rings. The fourth-order valence-corrected chi connectivity index (χ4v) is 1.35. The van der Waals surface area contributed by atoms with Gasteiger partial charge in [-0.1, -0.05) is 0 Å². The van der Waals surface area contributed by atoms with Gasteiger partial charge in [-0.25, -0.2) is 4.79 Å². The summed E-state index contributed by atoms with van der Waals surface area (Å²) < 4.78 is 35.4. The molecule has 1 aliphatic heterocycles. The van der Waals surface area contributed by atoms with Gasteiger partial charge in [0.25, 0.3) is 11.8 Å². The molecule has 0 radical (unpaired) electrons. The molecule has 14 heavy (non-hydrogen) atoms. The van der Waals surface area contributed by atoms with Crippen LogP contribution in [-0.4, -0.2) is 28.6 Å². The average molecular weight is 228 g/mol. The fourth-order valence-electron chi connectivity index (χ4n) is 0.746. The second-order valence-corrected chi connectivity index (χ2v) is 3.42. The molecule has 9 heteroatoms. The second-order valence-electron chi connectivity index (χ2n) is 2.25. The number of nitrogens with one attached hydrogen (secondary N) is 2. The average Bonchev–Trinajstić information content (AvgIpc) is 1.95. The third-order valence-electron chi connectivity index (χ3n) is 1.20. The van der Waals surface area contributed by atoms with Crippen LogP contribution in [0.3, 0.4) is 0 Å². The van der Waals surface area contributed by atoms with E-state index >= 15 is 0 Å². The molecule has 0 aromatic heterocycles. The van der Waals surface area contributed by atoms with Crippen molar-refractivity contribution < 1.29 is 27.6 Å². The highest BCUT2D eigenvalue weighted by molar-refractivity contribution is 8.02. The topological polar surface area (TPSA) is 75.3 Å². The maximum atomic E-state index is 11.8. The Kier molecular flexibility index (Phi) is 2.69.